The first-order valence-electron chi connectivity index (χ1n) is 4.69. The molecule has 0 aliphatic heterocycles. The van der Waals surface area contributed by atoms with Gasteiger partial charge >= 0.3 is 5.97 Å². The summed E-state index contributed by atoms with van der Waals surface area (Å²) in [4.78, 5) is 22.3. The van der Waals surface area contributed by atoms with Gasteiger partial charge in [0.2, 0.25) is 5.91 Å². The molecule has 1 atom stereocenters. The van der Waals surface area contributed by atoms with Crippen molar-refractivity contribution in [1.82, 2.24) is 5.32 Å². The summed E-state index contributed by atoms with van der Waals surface area (Å²) in [7, 11) is 0. The van der Waals surface area contributed by atoms with Crippen LogP contribution in [0.3, 0.4) is 0 Å². The largest absolute Gasteiger partial charge is 0.464 e. The lowest BCUT2D eigenvalue weighted by Gasteiger charge is -2.19. The second kappa shape index (κ2) is 6.37. The molecule has 0 aromatic rings. The minimum Gasteiger partial charge on any atom is -0.464 e. The average molecular weight is 202 g/mol. The van der Waals surface area contributed by atoms with Crippen LogP contribution in [0.25, 0.3) is 0 Å². The molecule has 0 bridgehead atoms. The van der Waals surface area contributed by atoms with Gasteiger partial charge in [0.1, 0.15) is 6.04 Å². The molecule has 0 aromatic carbocycles. The third-order valence-electron chi connectivity index (χ3n) is 1.71. The lowest BCUT2D eigenvalue weighted by atomic mass is 10.0. The van der Waals surface area contributed by atoms with Crippen molar-refractivity contribution in [2.24, 2.45) is 11.7 Å². The number of carbonyl (C=O) groups excluding carboxylic acids is 2. The zero-order valence-electron chi connectivity index (χ0n) is 8.87. The van der Waals surface area contributed by atoms with Crippen molar-refractivity contribution in [3.63, 3.8) is 0 Å². The Morgan fingerprint density at radius 1 is 1.43 bits per heavy atom. The lowest BCUT2D eigenvalue weighted by Crippen LogP contribution is -2.47. The summed E-state index contributed by atoms with van der Waals surface area (Å²) in [5.74, 6) is -0.773. The van der Waals surface area contributed by atoms with Gasteiger partial charge in [-0.05, 0) is 12.8 Å². The summed E-state index contributed by atoms with van der Waals surface area (Å²) in [5.41, 5.74) is 5.13. The molecule has 82 valence electrons. The van der Waals surface area contributed by atoms with Crippen molar-refractivity contribution in [1.29, 1.82) is 0 Å². The Labute approximate surface area is 84.0 Å². The quantitative estimate of drug-likeness (QED) is 0.597. The number of carbonyl (C=O) groups is 2. The van der Waals surface area contributed by atoms with Gasteiger partial charge in [0.05, 0.1) is 13.2 Å². The van der Waals surface area contributed by atoms with Crippen LogP contribution in [0.5, 0.6) is 0 Å². The fourth-order valence-corrected chi connectivity index (χ4v) is 0.962. The zero-order valence-corrected chi connectivity index (χ0v) is 8.87. The summed E-state index contributed by atoms with van der Waals surface area (Å²) in [6.45, 7) is 5.57. The standard InChI is InChI=1S/C9H18N2O3/c1-4-14-9(13)8(6(2)3)11-7(12)5-10/h6,8H,4-5,10H2,1-3H3,(H,11,12)/t8-/m0/s1. The maximum Gasteiger partial charge on any atom is 0.328 e. The van der Waals surface area contributed by atoms with Gasteiger partial charge in [0.15, 0.2) is 0 Å². The highest BCUT2D eigenvalue weighted by molar-refractivity contribution is 5.85. The third-order valence-corrected chi connectivity index (χ3v) is 1.71. The Balaban J connectivity index is 4.29. The predicted molar refractivity (Wildman–Crippen MR) is 52.5 cm³/mol. The minimum atomic E-state index is -0.606. The summed E-state index contributed by atoms with van der Waals surface area (Å²) < 4.78 is 4.82. The van der Waals surface area contributed by atoms with E-state index in [1.54, 1.807) is 6.92 Å². The van der Waals surface area contributed by atoms with Gasteiger partial charge < -0.3 is 15.8 Å². The van der Waals surface area contributed by atoms with E-state index in [2.05, 4.69) is 5.32 Å². The summed E-state index contributed by atoms with van der Waals surface area (Å²) >= 11 is 0. The van der Waals surface area contributed by atoms with E-state index >= 15 is 0 Å². The molecule has 0 unspecified atom stereocenters. The Kier molecular flexibility index (Phi) is 5.87. The minimum absolute atomic E-state index is 0.00968. The second-order valence-electron chi connectivity index (χ2n) is 3.25. The number of hydrogen-bond donors (Lipinski definition) is 2. The molecule has 0 rings (SSSR count). The Morgan fingerprint density at radius 2 is 2.00 bits per heavy atom. The van der Waals surface area contributed by atoms with E-state index < -0.39 is 12.0 Å². The molecule has 5 heteroatoms. The van der Waals surface area contributed by atoms with Crippen LogP contribution in [0.2, 0.25) is 0 Å². The van der Waals surface area contributed by atoms with Crippen LogP contribution in [-0.4, -0.2) is 31.1 Å². The molecule has 0 aliphatic carbocycles. The van der Waals surface area contributed by atoms with Crippen molar-refractivity contribution < 1.29 is 14.3 Å². The van der Waals surface area contributed by atoms with Gasteiger partial charge in [0.25, 0.3) is 0 Å². The number of amides is 1. The Bertz CT molecular complexity index is 204. The smallest absolute Gasteiger partial charge is 0.328 e. The molecule has 1 amide bonds. The molecule has 5 nitrogen and oxygen atoms in total. The molecule has 0 aromatic heterocycles. The van der Waals surface area contributed by atoms with Gasteiger partial charge in [0, 0.05) is 0 Å². The van der Waals surface area contributed by atoms with Crippen molar-refractivity contribution in [3.8, 4) is 0 Å². The van der Waals surface area contributed by atoms with Gasteiger partial charge in [-0.3, -0.25) is 4.79 Å². The van der Waals surface area contributed by atoms with Crippen LogP contribution in [0.15, 0.2) is 0 Å². The molecule has 0 spiro atoms. The van der Waals surface area contributed by atoms with Crippen LogP contribution in [-0.2, 0) is 14.3 Å². The first-order chi connectivity index (χ1) is 6.52. The van der Waals surface area contributed by atoms with Crippen LogP contribution < -0.4 is 11.1 Å². The number of hydrogen-bond acceptors (Lipinski definition) is 4. The number of ether oxygens (including phenoxy) is 1. The van der Waals surface area contributed by atoms with E-state index in [0.717, 1.165) is 0 Å². The Hall–Kier alpha value is -1.10. The van der Waals surface area contributed by atoms with Gasteiger partial charge in [-0.2, -0.15) is 0 Å². The summed E-state index contributed by atoms with van der Waals surface area (Å²) in [6.07, 6.45) is 0. The van der Waals surface area contributed by atoms with E-state index in [1.165, 1.54) is 0 Å². The van der Waals surface area contributed by atoms with Gasteiger partial charge in [-0.1, -0.05) is 13.8 Å². The molecule has 0 saturated carbocycles. The number of rotatable bonds is 5. The van der Waals surface area contributed by atoms with Crippen molar-refractivity contribution in [2.45, 2.75) is 26.8 Å². The molecule has 0 fully saturated rings. The highest BCUT2D eigenvalue weighted by atomic mass is 16.5. The van der Waals surface area contributed by atoms with Gasteiger partial charge in [-0.25, -0.2) is 4.79 Å². The van der Waals surface area contributed by atoms with E-state index in [-0.39, 0.29) is 18.4 Å². The maximum absolute atomic E-state index is 11.4. The van der Waals surface area contributed by atoms with Crippen LogP contribution in [0.4, 0.5) is 0 Å². The molecule has 0 heterocycles. The second-order valence-corrected chi connectivity index (χ2v) is 3.25. The molecule has 0 radical (unpaired) electrons. The number of nitrogens with one attached hydrogen (secondary N) is 1. The predicted octanol–water partition coefficient (Wildman–Crippen LogP) is -0.351. The van der Waals surface area contributed by atoms with E-state index in [1.807, 2.05) is 13.8 Å². The number of esters is 1. The van der Waals surface area contributed by atoms with E-state index in [4.69, 9.17) is 10.5 Å². The lowest BCUT2D eigenvalue weighted by molar-refractivity contribution is -0.148. The molecular weight excluding hydrogens is 184 g/mol. The van der Waals surface area contributed by atoms with Crippen molar-refractivity contribution in [2.75, 3.05) is 13.2 Å². The van der Waals surface area contributed by atoms with E-state index in [9.17, 15) is 9.59 Å². The highest BCUT2D eigenvalue weighted by Gasteiger charge is 2.24. The van der Waals surface area contributed by atoms with Crippen LogP contribution >= 0.6 is 0 Å². The fraction of sp³-hybridized carbons (Fsp3) is 0.778. The highest BCUT2D eigenvalue weighted by Crippen LogP contribution is 2.03. The third kappa shape index (κ3) is 4.23. The normalized spacial score (nSPS) is 12.4. The summed E-state index contributed by atoms with van der Waals surface area (Å²) in [5, 5.41) is 2.51. The molecule has 0 saturated heterocycles. The van der Waals surface area contributed by atoms with Crippen molar-refractivity contribution in [3.05, 3.63) is 0 Å². The van der Waals surface area contributed by atoms with E-state index in [0.29, 0.717) is 6.61 Å². The SMILES string of the molecule is CCOC(=O)[C@@H](NC(=O)CN)C(C)C. The molecule has 3 N–H and O–H groups in total. The summed E-state index contributed by atoms with van der Waals surface area (Å²) in [6, 6.07) is -0.606. The maximum atomic E-state index is 11.4. The molecule has 14 heavy (non-hydrogen) atoms. The van der Waals surface area contributed by atoms with Crippen LogP contribution in [0, 0.1) is 5.92 Å². The first kappa shape index (κ1) is 12.9. The first-order valence-corrected chi connectivity index (χ1v) is 4.69. The van der Waals surface area contributed by atoms with Gasteiger partial charge in [-0.15, -0.1) is 0 Å². The fourth-order valence-electron chi connectivity index (χ4n) is 0.962. The van der Waals surface area contributed by atoms with Crippen molar-refractivity contribution >= 4 is 11.9 Å². The molecular formula is C9H18N2O3. The topological polar surface area (TPSA) is 81.4 Å². The monoisotopic (exact) mass is 202 g/mol. The average Bonchev–Trinajstić information content (AvgIpc) is 2.13. The Morgan fingerprint density at radius 3 is 2.36 bits per heavy atom. The van der Waals surface area contributed by atoms with Crippen LogP contribution in [0.1, 0.15) is 20.8 Å². The molecule has 0 aliphatic rings. The number of nitrogens with two attached hydrogens (primary N) is 1. The zero-order chi connectivity index (χ0) is 11.1.